The van der Waals surface area contributed by atoms with Gasteiger partial charge >= 0.3 is 0 Å². The molecule has 4 fully saturated rings. The first-order valence-corrected chi connectivity index (χ1v) is 10.9. The van der Waals surface area contributed by atoms with Crippen molar-refractivity contribution in [3.8, 4) is 5.75 Å². The van der Waals surface area contributed by atoms with Crippen molar-refractivity contribution in [2.45, 2.75) is 44.4 Å². The van der Waals surface area contributed by atoms with Gasteiger partial charge in [0.2, 0.25) is 0 Å². The van der Waals surface area contributed by atoms with Crippen LogP contribution in [-0.2, 0) is 9.59 Å². The Morgan fingerprint density at radius 3 is 2.47 bits per heavy atom. The Morgan fingerprint density at radius 1 is 1.13 bits per heavy atom. The summed E-state index contributed by atoms with van der Waals surface area (Å²) in [6.07, 6.45) is 2.36. The number of hydrogen-bond donors (Lipinski definition) is 4. The van der Waals surface area contributed by atoms with E-state index in [0.29, 0.717) is 24.2 Å². The first-order valence-electron chi connectivity index (χ1n) is 10.5. The van der Waals surface area contributed by atoms with E-state index in [1.807, 2.05) is 0 Å². The minimum Gasteiger partial charge on any atom is -0.484 e. The molecule has 1 aromatic carbocycles. The maximum absolute atomic E-state index is 13.5. The second-order valence-electron chi connectivity index (χ2n) is 8.74. The van der Waals surface area contributed by atoms with Gasteiger partial charge in [0.25, 0.3) is 11.8 Å². The summed E-state index contributed by atoms with van der Waals surface area (Å²) < 4.78 is 18.9. The number of carbonyl (C=O) groups is 2. The number of carbonyl (C=O) groups excluding carboxylic acids is 2. The molecule has 4 aliphatic rings. The number of rotatable bonds is 6. The summed E-state index contributed by atoms with van der Waals surface area (Å²) in [5.74, 6) is 0.798. The van der Waals surface area contributed by atoms with Crippen molar-refractivity contribution in [2.24, 2.45) is 17.8 Å². The predicted molar refractivity (Wildman–Crippen MR) is 111 cm³/mol. The van der Waals surface area contributed by atoms with Crippen LogP contribution in [0.25, 0.3) is 0 Å². The lowest BCUT2D eigenvalue weighted by Crippen LogP contribution is -2.64. The largest absolute Gasteiger partial charge is 0.484 e. The number of ether oxygens (including phenoxy) is 1. The molecule has 164 valence electrons. The van der Waals surface area contributed by atoms with E-state index in [9.17, 15) is 14.0 Å². The van der Waals surface area contributed by atoms with E-state index < -0.39 is 5.82 Å². The van der Waals surface area contributed by atoms with E-state index in [1.54, 1.807) is 0 Å². The zero-order chi connectivity index (χ0) is 21.3. The number of fused-ring (bicyclic) bond motifs is 2. The highest BCUT2D eigenvalue weighted by Gasteiger charge is 2.47. The number of nitrogens with one attached hydrogen (secondary N) is 4. The van der Waals surface area contributed by atoms with Crippen molar-refractivity contribution in [1.29, 1.82) is 0 Å². The maximum Gasteiger partial charge on any atom is 0.258 e. The fraction of sp³-hybridized carbons (Fsp3) is 0.619. The van der Waals surface area contributed by atoms with E-state index >= 15 is 0 Å². The van der Waals surface area contributed by atoms with Gasteiger partial charge in [-0.05, 0) is 49.1 Å². The van der Waals surface area contributed by atoms with Crippen LogP contribution in [0.3, 0.4) is 0 Å². The van der Waals surface area contributed by atoms with Gasteiger partial charge in [0.15, 0.2) is 6.61 Å². The lowest BCUT2D eigenvalue weighted by Gasteiger charge is -2.51. The molecule has 3 aliphatic carbocycles. The van der Waals surface area contributed by atoms with E-state index in [4.69, 9.17) is 16.3 Å². The van der Waals surface area contributed by atoms with Crippen LogP contribution in [-0.4, -0.2) is 49.8 Å². The zero-order valence-corrected chi connectivity index (χ0v) is 17.7. The molecule has 1 aromatic rings. The Kier molecular flexibility index (Phi) is 6.46. The van der Waals surface area contributed by atoms with Crippen LogP contribution < -0.4 is 26.0 Å². The van der Waals surface area contributed by atoms with Crippen molar-refractivity contribution in [3.05, 3.63) is 29.0 Å². The highest BCUT2D eigenvalue weighted by Crippen LogP contribution is 2.45. The van der Waals surface area contributed by atoms with Crippen molar-refractivity contribution < 1.29 is 18.7 Å². The van der Waals surface area contributed by atoms with Gasteiger partial charge in [-0.25, -0.2) is 4.39 Å². The SMILES string of the molecule is CC1CNC(C(=O)N[C@@H]2C[C@H](NC(=O)COc3ccc(Cl)c(F)c3)C3CC2C3)NC1. The predicted octanol–water partition coefficient (Wildman–Crippen LogP) is 1.41. The lowest BCUT2D eigenvalue weighted by molar-refractivity contribution is -0.128. The summed E-state index contributed by atoms with van der Waals surface area (Å²) >= 11 is 5.65. The van der Waals surface area contributed by atoms with Gasteiger partial charge in [-0.2, -0.15) is 0 Å². The Morgan fingerprint density at radius 2 is 1.80 bits per heavy atom. The number of hydrogen-bond acceptors (Lipinski definition) is 5. The summed E-state index contributed by atoms with van der Waals surface area (Å²) in [6, 6.07) is 4.14. The second kappa shape index (κ2) is 9.08. The molecule has 0 radical (unpaired) electrons. The lowest BCUT2D eigenvalue weighted by atomic mass is 9.60. The Bertz CT molecular complexity index is 796. The van der Waals surface area contributed by atoms with E-state index in [1.165, 1.54) is 12.1 Å². The fourth-order valence-electron chi connectivity index (χ4n) is 4.58. The molecule has 2 atom stereocenters. The minimum atomic E-state index is -0.586. The molecular weight excluding hydrogens is 411 g/mol. The van der Waals surface area contributed by atoms with E-state index in [2.05, 4.69) is 28.2 Å². The van der Waals surface area contributed by atoms with Gasteiger partial charge in [-0.3, -0.25) is 20.2 Å². The van der Waals surface area contributed by atoms with Crippen LogP contribution in [0.5, 0.6) is 5.75 Å². The summed E-state index contributed by atoms with van der Waals surface area (Å²) in [4.78, 5) is 24.9. The Labute approximate surface area is 180 Å². The molecule has 0 aromatic heterocycles. The topological polar surface area (TPSA) is 91.5 Å². The van der Waals surface area contributed by atoms with Crippen LogP contribution in [0.15, 0.2) is 18.2 Å². The van der Waals surface area contributed by atoms with E-state index in [0.717, 1.165) is 32.0 Å². The summed E-state index contributed by atoms with van der Waals surface area (Å²) in [5.41, 5.74) is 0. The van der Waals surface area contributed by atoms with Gasteiger partial charge < -0.3 is 15.4 Å². The molecular formula is C21H28ClFN4O3. The number of amides is 2. The average molecular weight is 439 g/mol. The molecule has 0 unspecified atom stereocenters. The highest BCUT2D eigenvalue weighted by atomic mass is 35.5. The molecule has 1 heterocycles. The minimum absolute atomic E-state index is 0.00523. The smallest absolute Gasteiger partial charge is 0.258 e. The first-order chi connectivity index (χ1) is 14.4. The molecule has 3 saturated carbocycles. The van der Waals surface area contributed by atoms with Gasteiger partial charge in [-0.1, -0.05) is 18.5 Å². The molecule has 0 spiro atoms. The van der Waals surface area contributed by atoms with Crippen LogP contribution >= 0.6 is 11.6 Å². The number of benzene rings is 1. The van der Waals surface area contributed by atoms with Gasteiger partial charge in [-0.15, -0.1) is 0 Å². The Hall–Kier alpha value is -1.90. The summed E-state index contributed by atoms with van der Waals surface area (Å²) in [6.45, 7) is 3.57. The molecule has 2 amide bonds. The highest BCUT2D eigenvalue weighted by molar-refractivity contribution is 6.30. The maximum atomic E-state index is 13.5. The van der Waals surface area contributed by atoms with Crippen molar-refractivity contribution in [3.63, 3.8) is 0 Å². The van der Waals surface area contributed by atoms with Crippen LogP contribution in [0.2, 0.25) is 5.02 Å². The molecule has 9 heteroatoms. The molecule has 7 nitrogen and oxygen atoms in total. The van der Waals surface area contributed by atoms with Crippen molar-refractivity contribution in [1.82, 2.24) is 21.3 Å². The molecule has 2 bridgehead atoms. The third-order valence-corrected chi connectivity index (χ3v) is 6.70. The van der Waals surface area contributed by atoms with E-state index in [-0.39, 0.29) is 47.4 Å². The van der Waals surface area contributed by atoms with Gasteiger partial charge in [0, 0.05) is 31.2 Å². The van der Waals surface area contributed by atoms with Crippen LogP contribution in [0.1, 0.15) is 26.2 Å². The standard InChI is InChI=1S/C21H28ClFN4O3/c1-11-8-24-20(25-9-11)21(29)27-18-7-17(12-4-13(18)5-12)26-19(28)10-30-14-2-3-15(22)16(23)6-14/h2-3,6,11-13,17-18,20,24-25H,4-5,7-10H2,1H3,(H,26,28)(H,27,29)/t11?,12?,13?,17-,18+,20?/m0/s1. The third-order valence-electron chi connectivity index (χ3n) is 6.40. The van der Waals surface area contributed by atoms with Gasteiger partial charge in [0.05, 0.1) is 5.02 Å². The van der Waals surface area contributed by atoms with Crippen molar-refractivity contribution in [2.75, 3.05) is 19.7 Å². The summed E-state index contributed by atoms with van der Waals surface area (Å²) in [7, 11) is 0. The molecule has 1 aliphatic heterocycles. The quantitative estimate of drug-likeness (QED) is 0.539. The molecule has 5 rings (SSSR count). The second-order valence-corrected chi connectivity index (χ2v) is 9.14. The summed E-state index contributed by atoms with van der Waals surface area (Å²) in [5, 5.41) is 12.6. The molecule has 4 N–H and O–H groups in total. The zero-order valence-electron chi connectivity index (χ0n) is 16.9. The monoisotopic (exact) mass is 438 g/mol. The number of halogens is 2. The first kappa shape index (κ1) is 21.3. The molecule has 30 heavy (non-hydrogen) atoms. The van der Waals surface area contributed by atoms with Crippen LogP contribution in [0, 0.1) is 23.6 Å². The molecule has 1 saturated heterocycles. The average Bonchev–Trinajstić information content (AvgIpc) is 2.68. The third kappa shape index (κ3) is 4.87. The Balaban J connectivity index is 1.25. The fourth-order valence-corrected chi connectivity index (χ4v) is 4.69. The van der Waals surface area contributed by atoms with Gasteiger partial charge in [0.1, 0.15) is 17.7 Å². The van der Waals surface area contributed by atoms with Crippen LogP contribution in [0.4, 0.5) is 4.39 Å². The van der Waals surface area contributed by atoms with Crippen molar-refractivity contribution >= 4 is 23.4 Å². The normalized spacial score (nSPS) is 32.6.